The van der Waals surface area contributed by atoms with Crippen molar-refractivity contribution in [2.45, 2.75) is 46.0 Å². The van der Waals surface area contributed by atoms with E-state index in [-0.39, 0.29) is 0 Å². The van der Waals surface area contributed by atoms with Crippen LogP contribution in [0.15, 0.2) is 4.99 Å². The Labute approximate surface area is 111 Å². The molecule has 1 rings (SSSR count). The second kappa shape index (κ2) is 9.20. The van der Waals surface area contributed by atoms with Gasteiger partial charge >= 0.3 is 0 Å². The summed E-state index contributed by atoms with van der Waals surface area (Å²) in [5.41, 5.74) is 5.85. The summed E-state index contributed by atoms with van der Waals surface area (Å²) in [4.78, 5) is 4.46. The molecule has 0 aliphatic heterocycles. The van der Waals surface area contributed by atoms with Crippen molar-refractivity contribution in [3.05, 3.63) is 0 Å². The normalized spacial score (nSPS) is 25.1. The summed E-state index contributed by atoms with van der Waals surface area (Å²) in [6.07, 6.45) is 6.37. The molecular formula is C14H29N3O. The summed E-state index contributed by atoms with van der Waals surface area (Å²) < 4.78 is 5.26. The van der Waals surface area contributed by atoms with Gasteiger partial charge in [0.1, 0.15) is 0 Å². The van der Waals surface area contributed by atoms with Gasteiger partial charge < -0.3 is 15.8 Å². The number of nitrogens with zero attached hydrogens (tertiary/aromatic N) is 1. The van der Waals surface area contributed by atoms with Gasteiger partial charge in [0.25, 0.3) is 0 Å². The van der Waals surface area contributed by atoms with Crippen molar-refractivity contribution < 1.29 is 4.74 Å². The summed E-state index contributed by atoms with van der Waals surface area (Å²) in [6, 6.07) is 0. The number of hydrogen-bond acceptors (Lipinski definition) is 2. The third kappa shape index (κ3) is 6.24. The van der Waals surface area contributed by atoms with Crippen LogP contribution in [-0.4, -0.2) is 32.3 Å². The van der Waals surface area contributed by atoms with Crippen LogP contribution in [0, 0.1) is 11.8 Å². The molecule has 0 radical (unpaired) electrons. The molecule has 3 N–H and O–H groups in total. The highest BCUT2D eigenvalue weighted by molar-refractivity contribution is 5.77. The zero-order valence-corrected chi connectivity index (χ0v) is 12.0. The first-order valence-corrected chi connectivity index (χ1v) is 7.35. The van der Waals surface area contributed by atoms with Crippen LogP contribution in [0.3, 0.4) is 0 Å². The predicted octanol–water partition coefficient (Wildman–Crippen LogP) is 2.14. The lowest BCUT2D eigenvalue weighted by atomic mass is 9.80. The molecule has 4 heteroatoms. The number of rotatable bonds is 7. The average molecular weight is 255 g/mol. The van der Waals surface area contributed by atoms with E-state index in [0.717, 1.165) is 44.6 Å². The molecule has 1 aliphatic carbocycles. The van der Waals surface area contributed by atoms with Crippen LogP contribution in [0.5, 0.6) is 0 Å². The van der Waals surface area contributed by atoms with E-state index in [1.807, 2.05) is 6.92 Å². The number of guanidine groups is 1. The highest BCUT2D eigenvalue weighted by Crippen LogP contribution is 2.29. The van der Waals surface area contributed by atoms with Crippen LogP contribution in [0.1, 0.15) is 46.0 Å². The first-order valence-electron chi connectivity index (χ1n) is 7.35. The lowest BCUT2D eigenvalue weighted by Crippen LogP contribution is -2.34. The largest absolute Gasteiger partial charge is 0.382 e. The number of hydrogen-bond donors (Lipinski definition) is 2. The Balaban J connectivity index is 2.12. The fourth-order valence-electron chi connectivity index (χ4n) is 2.47. The van der Waals surface area contributed by atoms with Gasteiger partial charge in [-0.3, -0.25) is 4.99 Å². The lowest BCUT2D eigenvalue weighted by molar-refractivity contribution is 0.145. The maximum absolute atomic E-state index is 5.85. The number of ether oxygens (including phenoxy) is 1. The Bertz CT molecular complexity index is 243. The van der Waals surface area contributed by atoms with Gasteiger partial charge in [-0.05, 0) is 31.6 Å². The van der Waals surface area contributed by atoms with E-state index in [1.54, 1.807) is 0 Å². The number of aliphatic imine (C=N–C) groups is 1. The van der Waals surface area contributed by atoms with E-state index in [1.165, 1.54) is 25.7 Å². The minimum Gasteiger partial charge on any atom is -0.382 e. The van der Waals surface area contributed by atoms with Crippen molar-refractivity contribution in [2.75, 3.05) is 26.3 Å². The van der Waals surface area contributed by atoms with Crippen molar-refractivity contribution in [1.29, 1.82) is 0 Å². The maximum atomic E-state index is 5.85. The van der Waals surface area contributed by atoms with Crippen LogP contribution >= 0.6 is 0 Å². The molecule has 1 saturated carbocycles. The quantitative estimate of drug-likeness (QED) is 0.416. The van der Waals surface area contributed by atoms with E-state index in [0.29, 0.717) is 5.96 Å². The summed E-state index contributed by atoms with van der Waals surface area (Å²) in [5, 5.41) is 3.14. The molecule has 0 saturated heterocycles. The third-order valence-corrected chi connectivity index (χ3v) is 3.76. The Morgan fingerprint density at radius 2 is 2.17 bits per heavy atom. The van der Waals surface area contributed by atoms with Crippen LogP contribution in [0.4, 0.5) is 0 Å². The minimum atomic E-state index is 0.587. The van der Waals surface area contributed by atoms with Crippen LogP contribution < -0.4 is 11.1 Å². The fourth-order valence-corrected chi connectivity index (χ4v) is 2.47. The van der Waals surface area contributed by atoms with Gasteiger partial charge in [0.15, 0.2) is 5.96 Å². The Morgan fingerprint density at radius 1 is 1.39 bits per heavy atom. The van der Waals surface area contributed by atoms with Crippen molar-refractivity contribution in [3.8, 4) is 0 Å². The molecule has 0 aromatic heterocycles. The van der Waals surface area contributed by atoms with Crippen molar-refractivity contribution in [3.63, 3.8) is 0 Å². The molecule has 18 heavy (non-hydrogen) atoms. The molecule has 0 aromatic carbocycles. The van der Waals surface area contributed by atoms with E-state index in [2.05, 4.69) is 17.2 Å². The zero-order valence-electron chi connectivity index (χ0n) is 12.0. The van der Waals surface area contributed by atoms with Gasteiger partial charge in [0, 0.05) is 26.3 Å². The van der Waals surface area contributed by atoms with Gasteiger partial charge in [0.2, 0.25) is 0 Å². The highest BCUT2D eigenvalue weighted by Gasteiger charge is 2.20. The molecular weight excluding hydrogens is 226 g/mol. The first kappa shape index (κ1) is 15.3. The van der Waals surface area contributed by atoms with Gasteiger partial charge in [-0.15, -0.1) is 0 Å². The summed E-state index contributed by atoms with van der Waals surface area (Å²) in [5.74, 6) is 2.11. The van der Waals surface area contributed by atoms with Crippen LogP contribution in [-0.2, 0) is 4.74 Å². The van der Waals surface area contributed by atoms with E-state index >= 15 is 0 Å². The van der Waals surface area contributed by atoms with Gasteiger partial charge in [-0.25, -0.2) is 0 Å². The average Bonchev–Trinajstić information content (AvgIpc) is 2.37. The monoisotopic (exact) mass is 255 g/mol. The molecule has 1 fully saturated rings. The van der Waals surface area contributed by atoms with E-state index in [4.69, 9.17) is 10.5 Å². The predicted molar refractivity (Wildman–Crippen MR) is 76.7 cm³/mol. The first-order chi connectivity index (χ1) is 8.74. The van der Waals surface area contributed by atoms with Crippen LogP contribution in [0.25, 0.3) is 0 Å². The highest BCUT2D eigenvalue weighted by atomic mass is 16.5. The second-order valence-electron chi connectivity index (χ2n) is 5.23. The molecule has 106 valence electrons. The molecule has 2 atom stereocenters. The molecule has 0 aromatic rings. The second-order valence-corrected chi connectivity index (χ2v) is 5.23. The molecule has 4 nitrogen and oxygen atoms in total. The fraction of sp³-hybridized carbons (Fsp3) is 0.929. The van der Waals surface area contributed by atoms with E-state index < -0.39 is 0 Å². The third-order valence-electron chi connectivity index (χ3n) is 3.76. The van der Waals surface area contributed by atoms with Gasteiger partial charge in [-0.1, -0.05) is 26.2 Å². The van der Waals surface area contributed by atoms with Crippen molar-refractivity contribution in [2.24, 2.45) is 22.6 Å². The molecule has 0 spiro atoms. The standard InChI is InChI=1S/C14H29N3O/c1-3-18-10-6-9-16-14(15)17-11-13-8-5-4-7-12(13)2/h12-13H,3-11H2,1-2H3,(H3,15,16,17). The maximum Gasteiger partial charge on any atom is 0.188 e. The smallest absolute Gasteiger partial charge is 0.188 e. The molecule has 1 aliphatic rings. The molecule has 0 bridgehead atoms. The summed E-state index contributed by atoms with van der Waals surface area (Å²) in [6.45, 7) is 7.64. The molecule has 0 heterocycles. The van der Waals surface area contributed by atoms with Crippen LogP contribution in [0.2, 0.25) is 0 Å². The summed E-state index contributed by atoms with van der Waals surface area (Å²) >= 11 is 0. The number of nitrogens with one attached hydrogen (secondary N) is 1. The Hall–Kier alpha value is -0.770. The SMILES string of the molecule is CCOCCCNC(N)=NCC1CCCCC1C. The Kier molecular flexibility index (Phi) is 7.81. The van der Waals surface area contributed by atoms with Crippen molar-refractivity contribution in [1.82, 2.24) is 5.32 Å². The summed E-state index contributed by atoms with van der Waals surface area (Å²) in [7, 11) is 0. The van der Waals surface area contributed by atoms with Gasteiger partial charge in [-0.2, -0.15) is 0 Å². The molecule has 2 unspecified atom stereocenters. The zero-order chi connectivity index (χ0) is 13.2. The number of nitrogens with two attached hydrogens (primary N) is 1. The van der Waals surface area contributed by atoms with E-state index in [9.17, 15) is 0 Å². The molecule has 0 amide bonds. The lowest BCUT2D eigenvalue weighted by Gasteiger charge is -2.27. The topological polar surface area (TPSA) is 59.6 Å². The minimum absolute atomic E-state index is 0.587. The van der Waals surface area contributed by atoms with Gasteiger partial charge in [0.05, 0.1) is 0 Å². The van der Waals surface area contributed by atoms with Crippen molar-refractivity contribution >= 4 is 5.96 Å². The Morgan fingerprint density at radius 3 is 2.89 bits per heavy atom.